The van der Waals surface area contributed by atoms with Crippen molar-refractivity contribution in [3.05, 3.63) is 0 Å². The van der Waals surface area contributed by atoms with Crippen LogP contribution in [0.15, 0.2) is 0 Å². The highest BCUT2D eigenvalue weighted by Gasteiger charge is 2.53. The third kappa shape index (κ3) is 4.09. The minimum Gasteiger partial charge on any atom is -0.481 e. The SMILES string of the molecule is CCS(=O)(=O)N(C)CC(=O)N1C[C@@H](C(F)(F)F)[C@H](C(=O)O)C1. The zero-order chi connectivity index (χ0) is 17.3. The van der Waals surface area contributed by atoms with Crippen LogP contribution in [0, 0.1) is 11.8 Å². The molecule has 1 N–H and O–H groups in total. The molecule has 2 atom stereocenters. The largest absolute Gasteiger partial charge is 0.481 e. The van der Waals surface area contributed by atoms with E-state index in [2.05, 4.69) is 0 Å². The number of aliphatic carboxylic acids is 1. The molecule has 1 saturated heterocycles. The first-order valence-corrected chi connectivity index (χ1v) is 8.02. The van der Waals surface area contributed by atoms with Crippen LogP contribution in [0.5, 0.6) is 0 Å². The highest BCUT2D eigenvalue weighted by molar-refractivity contribution is 7.89. The Labute approximate surface area is 125 Å². The third-order valence-corrected chi connectivity index (χ3v) is 5.42. The maximum absolute atomic E-state index is 12.8. The summed E-state index contributed by atoms with van der Waals surface area (Å²) in [5, 5.41) is 8.85. The van der Waals surface area contributed by atoms with Crippen molar-refractivity contribution in [1.29, 1.82) is 0 Å². The summed E-state index contributed by atoms with van der Waals surface area (Å²) < 4.78 is 62.2. The number of likely N-dealkylation sites (N-methyl/N-ethyl adjacent to an activating group) is 1. The highest BCUT2D eigenvalue weighted by atomic mass is 32.2. The number of carbonyl (C=O) groups excluding carboxylic acids is 1. The average Bonchev–Trinajstić information content (AvgIpc) is 2.83. The molecule has 1 rings (SSSR count). The van der Waals surface area contributed by atoms with Gasteiger partial charge in [0, 0.05) is 20.1 Å². The molecular weight excluding hydrogens is 329 g/mol. The predicted octanol–water partition coefficient (Wildman–Crippen LogP) is -0.0106. The number of likely N-dealkylation sites (tertiary alicyclic amines) is 1. The van der Waals surface area contributed by atoms with Gasteiger partial charge in [-0.25, -0.2) is 8.42 Å². The summed E-state index contributed by atoms with van der Waals surface area (Å²) in [5.74, 6) is -6.62. The molecule has 0 radical (unpaired) electrons. The number of alkyl halides is 3. The summed E-state index contributed by atoms with van der Waals surface area (Å²) in [4.78, 5) is 23.6. The molecule has 1 aliphatic rings. The quantitative estimate of drug-likeness (QED) is 0.755. The second-order valence-corrected chi connectivity index (χ2v) is 7.41. The summed E-state index contributed by atoms with van der Waals surface area (Å²) >= 11 is 0. The topological polar surface area (TPSA) is 95.0 Å². The van der Waals surface area contributed by atoms with Crippen LogP contribution in [0.25, 0.3) is 0 Å². The number of nitrogens with zero attached hydrogens (tertiary/aromatic N) is 2. The van der Waals surface area contributed by atoms with E-state index in [9.17, 15) is 31.2 Å². The molecular formula is C11H17F3N2O5S. The molecule has 1 aliphatic heterocycles. The van der Waals surface area contributed by atoms with Crippen molar-refractivity contribution >= 4 is 21.9 Å². The number of sulfonamides is 1. The van der Waals surface area contributed by atoms with Crippen LogP contribution in [0.1, 0.15) is 6.92 Å². The van der Waals surface area contributed by atoms with E-state index in [1.165, 1.54) is 6.92 Å². The molecule has 1 amide bonds. The molecule has 11 heteroatoms. The van der Waals surface area contributed by atoms with Crippen molar-refractivity contribution in [3.63, 3.8) is 0 Å². The molecule has 7 nitrogen and oxygen atoms in total. The van der Waals surface area contributed by atoms with Gasteiger partial charge in [0.05, 0.1) is 24.1 Å². The van der Waals surface area contributed by atoms with Gasteiger partial charge in [-0.15, -0.1) is 0 Å². The van der Waals surface area contributed by atoms with Gasteiger partial charge in [-0.1, -0.05) is 0 Å². The van der Waals surface area contributed by atoms with Gasteiger partial charge < -0.3 is 10.0 Å². The molecule has 128 valence electrons. The molecule has 0 aliphatic carbocycles. The molecule has 0 saturated carbocycles. The van der Waals surface area contributed by atoms with Crippen molar-refractivity contribution in [3.8, 4) is 0 Å². The Hall–Kier alpha value is -1.36. The lowest BCUT2D eigenvalue weighted by Gasteiger charge is -2.21. The van der Waals surface area contributed by atoms with Gasteiger partial charge in [-0.3, -0.25) is 9.59 Å². The standard InChI is InChI=1S/C11H17F3N2O5S/c1-3-22(20,21)15(2)6-9(17)16-4-7(10(18)19)8(5-16)11(12,13)14/h7-8H,3-6H2,1-2H3,(H,18,19)/t7-,8-/m1/s1. The van der Waals surface area contributed by atoms with Gasteiger partial charge in [-0.05, 0) is 6.92 Å². The van der Waals surface area contributed by atoms with Gasteiger partial charge in [0.15, 0.2) is 0 Å². The smallest absolute Gasteiger partial charge is 0.394 e. The summed E-state index contributed by atoms with van der Waals surface area (Å²) in [6.07, 6.45) is -4.74. The second-order valence-electron chi connectivity index (χ2n) is 5.05. The van der Waals surface area contributed by atoms with E-state index in [0.29, 0.717) is 0 Å². The Bertz CT molecular complexity index is 548. The van der Waals surface area contributed by atoms with Crippen LogP contribution in [-0.2, 0) is 19.6 Å². The van der Waals surface area contributed by atoms with Crippen LogP contribution < -0.4 is 0 Å². The lowest BCUT2D eigenvalue weighted by molar-refractivity contribution is -0.188. The van der Waals surface area contributed by atoms with Crippen molar-refractivity contribution in [2.45, 2.75) is 13.1 Å². The molecule has 0 aromatic carbocycles. The number of hydrogen-bond donors (Lipinski definition) is 1. The number of rotatable bonds is 5. The second kappa shape index (κ2) is 6.41. The minimum atomic E-state index is -4.74. The van der Waals surface area contributed by atoms with Crippen molar-refractivity contribution in [2.75, 3.05) is 32.4 Å². The maximum Gasteiger partial charge on any atom is 0.394 e. The van der Waals surface area contributed by atoms with Crippen LogP contribution in [0.2, 0.25) is 0 Å². The molecule has 0 bridgehead atoms. The highest BCUT2D eigenvalue weighted by Crippen LogP contribution is 2.37. The van der Waals surface area contributed by atoms with Gasteiger partial charge >= 0.3 is 12.1 Å². The first-order valence-electron chi connectivity index (χ1n) is 6.41. The Balaban J connectivity index is 2.83. The number of carboxylic acid groups (broad SMARTS) is 1. The van der Waals surface area contributed by atoms with E-state index >= 15 is 0 Å². The van der Waals surface area contributed by atoms with Gasteiger partial charge in [0.1, 0.15) is 0 Å². The summed E-state index contributed by atoms with van der Waals surface area (Å²) in [5.41, 5.74) is 0. The van der Waals surface area contributed by atoms with E-state index < -0.39 is 59.5 Å². The fourth-order valence-electron chi connectivity index (χ4n) is 2.20. The normalized spacial score (nSPS) is 23.1. The third-order valence-electron chi connectivity index (χ3n) is 3.61. The Morgan fingerprint density at radius 1 is 1.32 bits per heavy atom. The van der Waals surface area contributed by atoms with Gasteiger partial charge in [0.2, 0.25) is 15.9 Å². The number of halogens is 3. The van der Waals surface area contributed by atoms with Crippen molar-refractivity contribution in [1.82, 2.24) is 9.21 Å². The number of carbonyl (C=O) groups is 2. The first-order chi connectivity index (χ1) is 9.90. The lowest BCUT2D eigenvalue weighted by Crippen LogP contribution is -2.41. The zero-order valence-corrected chi connectivity index (χ0v) is 12.8. The Morgan fingerprint density at radius 2 is 1.86 bits per heavy atom. The van der Waals surface area contributed by atoms with E-state index in [0.717, 1.165) is 16.3 Å². The molecule has 0 aromatic heterocycles. The van der Waals surface area contributed by atoms with E-state index in [4.69, 9.17) is 5.11 Å². The Kier molecular flexibility index (Phi) is 5.44. The van der Waals surface area contributed by atoms with Crippen LogP contribution in [-0.4, -0.2) is 73.2 Å². The Morgan fingerprint density at radius 3 is 2.23 bits per heavy atom. The summed E-state index contributed by atoms with van der Waals surface area (Å²) in [6.45, 7) is -0.614. The fourth-order valence-corrected chi connectivity index (χ4v) is 2.95. The van der Waals surface area contributed by atoms with Crippen molar-refractivity contribution in [2.24, 2.45) is 11.8 Å². The molecule has 1 heterocycles. The fraction of sp³-hybridized carbons (Fsp3) is 0.818. The number of hydrogen-bond acceptors (Lipinski definition) is 4. The van der Waals surface area contributed by atoms with Gasteiger partial charge in [0.25, 0.3) is 0 Å². The van der Waals surface area contributed by atoms with Crippen LogP contribution in [0.3, 0.4) is 0 Å². The lowest BCUT2D eigenvalue weighted by atomic mass is 9.96. The maximum atomic E-state index is 12.8. The minimum absolute atomic E-state index is 0.250. The van der Waals surface area contributed by atoms with Gasteiger partial charge in [-0.2, -0.15) is 17.5 Å². The van der Waals surface area contributed by atoms with E-state index in [1.807, 2.05) is 0 Å². The summed E-state index contributed by atoms with van der Waals surface area (Å²) in [6, 6.07) is 0. The molecule has 1 fully saturated rings. The predicted molar refractivity (Wildman–Crippen MR) is 69.3 cm³/mol. The molecule has 22 heavy (non-hydrogen) atoms. The van der Waals surface area contributed by atoms with E-state index in [-0.39, 0.29) is 5.75 Å². The average molecular weight is 346 g/mol. The molecule has 0 aromatic rings. The van der Waals surface area contributed by atoms with E-state index in [1.54, 1.807) is 0 Å². The molecule has 0 unspecified atom stereocenters. The van der Waals surface area contributed by atoms with Crippen LogP contribution in [0.4, 0.5) is 13.2 Å². The first kappa shape index (κ1) is 18.7. The number of amides is 1. The monoisotopic (exact) mass is 346 g/mol. The molecule has 0 spiro atoms. The zero-order valence-electron chi connectivity index (χ0n) is 12.0. The summed E-state index contributed by atoms with van der Waals surface area (Å²) in [7, 11) is -2.51. The van der Waals surface area contributed by atoms with Crippen molar-refractivity contribution < 1.29 is 36.3 Å². The number of carboxylic acids is 1. The van der Waals surface area contributed by atoms with Crippen LogP contribution >= 0.6 is 0 Å².